The topological polar surface area (TPSA) is 72.0 Å². The highest BCUT2D eigenvalue weighted by molar-refractivity contribution is 6.27. The van der Waals surface area contributed by atoms with Gasteiger partial charge in [-0.3, -0.25) is 9.59 Å². The second-order valence-electron chi connectivity index (χ2n) is 5.24. The summed E-state index contributed by atoms with van der Waals surface area (Å²) in [4.78, 5) is 32.5. The van der Waals surface area contributed by atoms with Crippen LogP contribution in [0.25, 0.3) is 11.4 Å². The van der Waals surface area contributed by atoms with E-state index in [1.54, 1.807) is 37.4 Å². The van der Waals surface area contributed by atoms with Crippen molar-refractivity contribution in [3.8, 4) is 17.1 Å². The fraction of sp³-hybridized carbons (Fsp3) is 0.0556. The van der Waals surface area contributed by atoms with Crippen LogP contribution in [0, 0.1) is 0 Å². The molecule has 0 bridgehead atoms. The second-order valence-corrected chi connectivity index (χ2v) is 5.24. The van der Waals surface area contributed by atoms with Gasteiger partial charge in [0.1, 0.15) is 23.0 Å². The van der Waals surface area contributed by atoms with Crippen LogP contribution in [0.2, 0.25) is 0 Å². The van der Waals surface area contributed by atoms with Crippen LogP contribution >= 0.6 is 0 Å². The van der Waals surface area contributed by atoms with Gasteiger partial charge in [-0.2, -0.15) is 0 Å². The molecule has 1 aromatic heterocycles. The molecule has 1 aliphatic rings. The first-order valence-corrected chi connectivity index (χ1v) is 7.12. The zero-order valence-electron chi connectivity index (χ0n) is 12.3. The van der Waals surface area contributed by atoms with Crippen molar-refractivity contribution in [1.82, 2.24) is 9.97 Å². The summed E-state index contributed by atoms with van der Waals surface area (Å²) in [6.45, 7) is 0. The lowest BCUT2D eigenvalue weighted by Gasteiger charge is -2.11. The molecule has 112 valence electrons. The van der Waals surface area contributed by atoms with E-state index in [-0.39, 0.29) is 23.0 Å². The number of hydrogen-bond donors (Lipinski definition) is 1. The van der Waals surface area contributed by atoms with E-state index in [0.717, 1.165) is 5.56 Å². The fourth-order valence-electron chi connectivity index (χ4n) is 2.75. The van der Waals surface area contributed by atoms with Gasteiger partial charge in [0, 0.05) is 16.7 Å². The molecule has 0 spiro atoms. The Labute approximate surface area is 131 Å². The van der Waals surface area contributed by atoms with Crippen molar-refractivity contribution in [2.75, 3.05) is 7.11 Å². The number of rotatable bonds is 2. The van der Waals surface area contributed by atoms with Crippen molar-refractivity contribution >= 4 is 11.6 Å². The summed E-state index contributed by atoms with van der Waals surface area (Å²) >= 11 is 0. The number of H-pyrrole nitrogens is 1. The number of nitrogens with zero attached hydrogens (tertiary/aromatic N) is 1. The number of fused-ring (bicyclic) bond motifs is 2. The van der Waals surface area contributed by atoms with Crippen molar-refractivity contribution in [1.29, 1.82) is 0 Å². The van der Waals surface area contributed by atoms with Gasteiger partial charge in [0.15, 0.2) is 0 Å². The summed E-state index contributed by atoms with van der Waals surface area (Å²) < 4.78 is 5.20. The van der Waals surface area contributed by atoms with E-state index in [4.69, 9.17) is 4.74 Å². The molecular weight excluding hydrogens is 292 g/mol. The molecule has 0 fully saturated rings. The summed E-state index contributed by atoms with van der Waals surface area (Å²) in [5.41, 5.74) is 1.97. The molecule has 0 unspecified atom stereocenters. The zero-order chi connectivity index (χ0) is 16.0. The molecule has 2 aromatic carbocycles. The van der Waals surface area contributed by atoms with Gasteiger partial charge in [0.05, 0.1) is 7.11 Å². The number of ether oxygens (including phenoxy) is 1. The third-order valence-corrected chi connectivity index (χ3v) is 3.91. The Bertz CT molecular complexity index is 904. The third kappa shape index (κ3) is 1.97. The van der Waals surface area contributed by atoms with Crippen molar-refractivity contribution in [2.45, 2.75) is 0 Å². The molecule has 0 saturated carbocycles. The van der Waals surface area contributed by atoms with Crippen LogP contribution in [0.5, 0.6) is 5.75 Å². The van der Waals surface area contributed by atoms with Crippen LogP contribution in [-0.2, 0) is 0 Å². The number of aromatic amines is 1. The van der Waals surface area contributed by atoms with Gasteiger partial charge in [-0.1, -0.05) is 36.4 Å². The fourth-order valence-corrected chi connectivity index (χ4v) is 2.75. The normalized spacial score (nSPS) is 12.7. The Morgan fingerprint density at radius 2 is 1.70 bits per heavy atom. The maximum absolute atomic E-state index is 12.6. The van der Waals surface area contributed by atoms with Crippen molar-refractivity contribution in [2.24, 2.45) is 0 Å². The highest BCUT2D eigenvalue weighted by Crippen LogP contribution is 2.29. The zero-order valence-corrected chi connectivity index (χ0v) is 12.3. The van der Waals surface area contributed by atoms with Gasteiger partial charge in [-0.05, 0) is 12.1 Å². The lowest BCUT2D eigenvalue weighted by molar-refractivity contribution is 0.0974. The largest absolute Gasteiger partial charge is 0.497 e. The molecule has 0 aliphatic heterocycles. The number of nitrogens with one attached hydrogen (secondary N) is 1. The van der Waals surface area contributed by atoms with Crippen molar-refractivity contribution in [3.63, 3.8) is 0 Å². The monoisotopic (exact) mass is 304 g/mol. The number of carbonyl (C=O) groups is 2. The first-order chi connectivity index (χ1) is 11.2. The molecular formula is C18H12N2O3. The number of hydrogen-bond acceptors (Lipinski definition) is 4. The molecule has 0 amide bonds. The number of imidazole rings is 1. The molecule has 1 aliphatic carbocycles. The number of methoxy groups -OCH3 is 1. The van der Waals surface area contributed by atoms with Gasteiger partial charge >= 0.3 is 0 Å². The summed E-state index contributed by atoms with van der Waals surface area (Å²) in [6.07, 6.45) is 0. The molecule has 1 heterocycles. The first-order valence-electron chi connectivity index (χ1n) is 7.12. The van der Waals surface area contributed by atoms with E-state index in [0.29, 0.717) is 22.7 Å². The molecule has 3 aromatic rings. The quantitative estimate of drug-likeness (QED) is 0.618. The van der Waals surface area contributed by atoms with Gasteiger partial charge in [0.25, 0.3) is 0 Å². The highest BCUT2D eigenvalue weighted by atomic mass is 16.5. The average molecular weight is 304 g/mol. The Hall–Kier alpha value is -3.21. The summed E-state index contributed by atoms with van der Waals surface area (Å²) in [5, 5.41) is 0. The molecule has 0 saturated heterocycles. The van der Waals surface area contributed by atoms with Crippen LogP contribution in [0.3, 0.4) is 0 Å². The van der Waals surface area contributed by atoms with E-state index < -0.39 is 0 Å². The lowest BCUT2D eigenvalue weighted by atomic mass is 9.90. The molecule has 23 heavy (non-hydrogen) atoms. The first kappa shape index (κ1) is 13.5. The standard InChI is InChI=1S/C18H12N2O3/c1-23-11-6-4-5-10(9-11)18-19-14-15(20-18)17(22)13-8-3-2-7-12(13)16(14)21/h2-9H,1H3,(H,19,20). The predicted octanol–water partition coefficient (Wildman–Crippen LogP) is 2.86. The minimum atomic E-state index is -0.236. The van der Waals surface area contributed by atoms with Crippen LogP contribution < -0.4 is 4.74 Å². The van der Waals surface area contributed by atoms with Gasteiger partial charge in [0.2, 0.25) is 11.6 Å². The SMILES string of the molecule is COc1cccc(-c2nc3c([nH]2)C(=O)c2ccccc2C3=O)c1. The smallest absolute Gasteiger partial charge is 0.214 e. The van der Waals surface area contributed by atoms with Gasteiger partial charge in [-0.25, -0.2) is 4.98 Å². The Kier molecular flexibility index (Phi) is 2.87. The third-order valence-electron chi connectivity index (χ3n) is 3.91. The van der Waals surface area contributed by atoms with Gasteiger partial charge in [-0.15, -0.1) is 0 Å². The van der Waals surface area contributed by atoms with E-state index in [2.05, 4.69) is 9.97 Å². The van der Waals surface area contributed by atoms with E-state index >= 15 is 0 Å². The summed E-state index contributed by atoms with van der Waals surface area (Å²) in [6, 6.07) is 14.1. The van der Waals surface area contributed by atoms with Crippen molar-refractivity contribution < 1.29 is 14.3 Å². The Morgan fingerprint density at radius 3 is 2.43 bits per heavy atom. The average Bonchev–Trinajstić information content (AvgIpc) is 3.06. The maximum Gasteiger partial charge on any atom is 0.214 e. The van der Waals surface area contributed by atoms with Crippen LogP contribution in [0.4, 0.5) is 0 Å². The summed E-state index contributed by atoms with van der Waals surface area (Å²) in [5.74, 6) is 0.707. The van der Waals surface area contributed by atoms with Crippen LogP contribution in [0.1, 0.15) is 32.1 Å². The van der Waals surface area contributed by atoms with Crippen molar-refractivity contribution in [3.05, 3.63) is 71.0 Å². The lowest BCUT2D eigenvalue weighted by Crippen LogP contribution is -2.20. The number of carbonyl (C=O) groups excluding carboxylic acids is 2. The minimum absolute atomic E-state index is 0.173. The highest BCUT2D eigenvalue weighted by Gasteiger charge is 2.33. The van der Waals surface area contributed by atoms with Gasteiger partial charge < -0.3 is 9.72 Å². The Morgan fingerprint density at radius 1 is 0.957 bits per heavy atom. The number of aromatic nitrogens is 2. The molecule has 4 rings (SSSR count). The maximum atomic E-state index is 12.6. The van der Waals surface area contributed by atoms with E-state index in [1.165, 1.54) is 0 Å². The van der Waals surface area contributed by atoms with Crippen LogP contribution in [-0.4, -0.2) is 28.6 Å². The number of benzene rings is 2. The van der Waals surface area contributed by atoms with E-state index in [1.807, 2.05) is 18.2 Å². The van der Waals surface area contributed by atoms with E-state index in [9.17, 15) is 9.59 Å². The van der Waals surface area contributed by atoms with Crippen LogP contribution in [0.15, 0.2) is 48.5 Å². The molecule has 0 radical (unpaired) electrons. The second kappa shape index (κ2) is 4.91. The molecule has 5 heteroatoms. The summed E-state index contributed by atoms with van der Waals surface area (Å²) in [7, 11) is 1.58. The molecule has 5 nitrogen and oxygen atoms in total. The molecule has 0 atom stereocenters. The minimum Gasteiger partial charge on any atom is -0.497 e. The predicted molar refractivity (Wildman–Crippen MR) is 83.9 cm³/mol. The molecule has 1 N–H and O–H groups in total. The number of ketones is 2. The Balaban J connectivity index is 1.87.